The lowest BCUT2D eigenvalue weighted by Crippen LogP contribution is -2.71. The zero-order chi connectivity index (χ0) is 25.5. The number of nitrogen functional groups attached to an aromatic ring is 1. The van der Waals surface area contributed by atoms with E-state index in [0.29, 0.717) is 5.69 Å². The smallest absolute Gasteiger partial charge is 0.352 e. The van der Waals surface area contributed by atoms with E-state index in [0.717, 1.165) is 39.3 Å². The number of sulfone groups is 1. The Morgan fingerprint density at radius 2 is 2.09 bits per heavy atom. The number of aromatic nitrogens is 2. The van der Waals surface area contributed by atoms with Crippen LogP contribution >= 0.6 is 34.4 Å². The second-order valence-corrected chi connectivity index (χ2v) is 12.3. The normalized spacial score (nSPS) is 20.3. The number of fused-ring (bicyclic) bond motifs is 1. The number of carbonyl (C=O) groups excluding carboxylic acids is 2. The Balaban J connectivity index is 1.55. The first kappa shape index (κ1) is 25.1. The molecule has 35 heavy (non-hydrogen) atoms. The number of carboxylic acid groups (broad SMARTS) is 1. The number of oxime groups is 1. The average Bonchev–Trinajstić information content (AvgIpc) is 3.43. The summed E-state index contributed by atoms with van der Waals surface area (Å²) in [7, 11) is -2.66. The van der Waals surface area contributed by atoms with Crippen LogP contribution in [0.2, 0.25) is 0 Å². The summed E-state index contributed by atoms with van der Waals surface area (Å²) in [6.45, 7) is 1.65. The molecule has 13 nitrogen and oxygen atoms in total. The molecule has 0 aliphatic carbocycles. The predicted octanol–water partition coefficient (Wildman–Crippen LogP) is 0.0532. The molecule has 4 heterocycles. The maximum Gasteiger partial charge on any atom is 0.352 e. The van der Waals surface area contributed by atoms with Gasteiger partial charge in [0.1, 0.15) is 29.9 Å². The van der Waals surface area contributed by atoms with Gasteiger partial charge >= 0.3 is 5.97 Å². The number of anilines is 1. The number of nitrogens with two attached hydrogens (primary N) is 1. The lowest BCUT2D eigenvalue weighted by atomic mass is 10.0. The van der Waals surface area contributed by atoms with E-state index in [4.69, 9.17) is 10.6 Å². The fourth-order valence-corrected chi connectivity index (χ4v) is 8.02. The maximum absolute atomic E-state index is 12.9. The third-order valence-corrected chi connectivity index (χ3v) is 10.1. The van der Waals surface area contributed by atoms with E-state index in [1.165, 1.54) is 12.5 Å². The summed E-state index contributed by atoms with van der Waals surface area (Å²) in [4.78, 5) is 51.4. The van der Waals surface area contributed by atoms with Crippen LogP contribution in [0.1, 0.15) is 11.4 Å². The molecule has 0 saturated carbocycles. The minimum absolute atomic E-state index is 0.0354. The minimum atomic E-state index is -3.90. The van der Waals surface area contributed by atoms with E-state index < -0.39 is 50.5 Å². The van der Waals surface area contributed by atoms with E-state index in [-0.39, 0.29) is 32.2 Å². The van der Waals surface area contributed by atoms with Gasteiger partial charge in [-0.3, -0.25) is 14.5 Å². The number of thioether (sulfide) groups is 1. The molecule has 17 heteroatoms. The molecule has 2 aromatic heterocycles. The molecule has 2 aliphatic rings. The number of rotatable bonds is 8. The molecule has 186 valence electrons. The Morgan fingerprint density at radius 1 is 1.34 bits per heavy atom. The van der Waals surface area contributed by atoms with E-state index in [2.05, 4.69) is 20.4 Å². The Bertz CT molecular complexity index is 1380. The number of amides is 2. The highest BCUT2D eigenvalue weighted by molar-refractivity contribution is 8.00. The molecule has 2 aromatic rings. The number of thiazole rings is 2. The van der Waals surface area contributed by atoms with Gasteiger partial charge in [0.2, 0.25) is 14.2 Å². The standard InChI is InChI=1S/C18H18N6O7S4/c1-7-3-34-18(20-7)35(29,30)6-8-4-32-15-11(14(26)24(15)12(8)16(27)28)22-13(25)10(23-31-2)9-5-33-17(19)21-9/h3,5,11,15H,4,6H2,1-2H3,(H2,19,21)(H,22,25)(H,27,28)/b23-10-/t11-,15-/m1/s1. The molecule has 2 amide bonds. The van der Waals surface area contributed by atoms with Gasteiger partial charge in [0.15, 0.2) is 10.8 Å². The first-order valence-corrected chi connectivity index (χ1v) is 14.2. The number of carbonyl (C=O) groups is 3. The molecule has 4 N–H and O–H groups in total. The van der Waals surface area contributed by atoms with E-state index in [1.54, 1.807) is 12.3 Å². The van der Waals surface area contributed by atoms with Crippen molar-refractivity contribution in [3.63, 3.8) is 0 Å². The van der Waals surface area contributed by atoms with Crippen LogP contribution in [0.5, 0.6) is 0 Å². The lowest BCUT2D eigenvalue weighted by Gasteiger charge is -2.49. The second-order valence-electron chi connectivity index (χ2n) is 7.33. The molecule has 0 radical (unpaired) electrons. The van der Waals surface area contributed by atoms with Crippen molar-refractivity contribution in [3.05, 3.63) is 33.4 Å². The number of hydrogen-bond acceptors (Lipinski definition) is 13. The highest BCUT2D eigenvalue weighted by atomic mass is 32.2. The lowest BCUT2D eigenvalue weighted by molar-refractivity contribution is -0.150. The molecule has 1 fully saturated rings. The van der Waals surface area contributed by atoms with Crippen molar-refractivity contribution >= 4 is 72.9 Å². The molecule has 0 spiro atoms. The first-order chi connectivity index (χ1) is 16.5. The van der Waals surface area contributed by atoms with Crippen molar-refractivity contribution in [1.82, 2.24) is 20.2 Å². The summed E-state index contributed by atoms with van der Waals surface area (Å²) in [5.74, 6) is -3.44. The SMILES string of the molecule is CO/N=C(\C(=O)N[C@@H]1C(=O)N2C(C(=O)O)=C(CS(=O)(=O)c3nc(C)cs3)CS[C@H]12)c1csc(N)n1. The Labute approximate surface area is 211 Å². The van der Waals surface area contributed by atoms with Crippen molar-refractivity contribution in [2.24, 2.45) is 5.16 Å². The van der Waals surface area contributed by atoms with Crippen molar-refractivity contribution in [2.45, 2.75) is 22.7 Å². The molecular weight excluding hydrogens is 541 g/mol. The predicted molar refractivity (Wildman–Crippen MR) is 129 cm³/mol. The summed E-state index contributed by atoms with van der Waals surface area (Å²) < 4.78 is 25.4. The third kappa shape index (κ3) is 4.75. The summed E-state index contributed by atoms with van der Waals surface area (Å²) in [5, 5.41) is 18.5. The van der Waals surface area contributed by atoms with Crippen LogP contribution in [0.25, 0.3) is 0 Å². The second kappa shape index (κ2) is 9.56. The van der Waals surface area contributed by atoms with Gasteiger partial charge in [-0.1, -0.05) is 5.16 Å². The van der Waals surface area contributed by atoms with Crippen LogP contribution in [-0.4, -0.2) is 81.9 Å². The number of nitrogens with zero attached hydrogens (tertiary/aromatic N) is 4. The number of carboxylic acids is 1. The van der Waals surface area contributed by atoms with Crippen LogP contribution in [0.3, 0.4) is 0 Å². The van der Waals surface area contributed by atoms with Crippen molar-refractivity contribution in [2.75, 3.05) is 24.3 Å². The van der Waals surface area contributed by atoms with E-state index in [1.807, 2.05) is 0 Å². The largest absolute Gasteiger partial charge is 0.477 e. The van der Waals surface area contributed by atoms with Gasteiger partial charge in [0.05, 0.1) is 5.75 Å². The van der Waals surface area contributed by atoms with E-state index >= 15 is 0 Å². The molecule has 0 bridgehead atoms. The monoisotopic (exact) mass is 558 g/mol. The molecule has 2 atom stereocenters. The van der Waals surface area contributed by atoms with Crippen LogP contribution in [0.15, 0.2) is 31.5 Å². The average molecular weight is 559 g/mol. The molecule has 2 aliphatic heterocycles. The van der Waals surface area contributed by atoms with Gasteiger partial charge < -0.3 is 21.0 Å². The van der Waals surface area contributed by atoms with Crippen LogP contribution in [0, 0.1) is 6.92 Å². The van der Waals surface area contributed by atoms with Crippen molar-refractivity contribution in [1.29, 1.82) is 0 Å². The summed E-state index contributed by atoms with van der Waals surface area (Å²) in [5.41, 5.74) is 5.77. The topological polar surface area (TPSA) is 194 Å². The van der Waals surface area contributed by atoms with Crippen LogP contribution in [0.4, 0.5) is 5.13 Å². The van der Waals surface area contributed by atoms with Crippen molar-refractivity contribution in [3.8, 4) is 0 Å². The van der Waals surface area contributed by atoms with Crippen molar-refractivity contribution < 1.29 is 32.7 Å². The molecule has 0 unspecified atom stereocenters. The van der Waals surface area contributed by atoms with Gasteiger partial charge in [-0.05, 0) is 12.5 Å². The fourth-order valence-electron chi connectivity index (χ4n) is 3.46. The number of aliphatic carboxylic acids is 1. The van der Waals surface area contributed by atoms with Crippen LogP contribution < -0.4 is 11.1 Å². The summed E-state index contributed by atoms with van der Waals surface area (Å²) >= 11 is 3.18. The molecule has 4 rings (SSSR count). The van der Waals surface area contributed by atoms with Gasteiger partial charge in [0.25, 0.3) is 11.8 Å². The third-order valence-electron chi connectivity index (χ3n) is 4.93. The zero-order valence-electron chi connectivity index (χ0n) is 18.1. The fraction of sp³-hybridized carbons (Fsp3) is 0.333. The van der Waals surface area contributed by atoms with Gasteiger partial charge in [0, 0.05) is 22.2 Å². The maximum atomic E-state index is 12.9. The number of β-lactam (4-membered cyclic amide) rings is 1. The minimum Gasteiger partial charge on any atom is -0.477 e. The molecular formula is C18H18N6O7S4. The van der Waals surface area contributed by atoms with E-state index in [9.17, 15) is 27.9 Å². The van der Waals surface area contributed by atoms with Gasteiger partial charge in [-0.15, -0.1) is 34.4 Å². The zero-order valence-corrected chi connectivity index (χ0v) is 21.4. The summed E-state index contributed by atoms with van der Waals surface area (Å²) in [6.07, 6.45) is 0. The molecule has 1 saturated heterocycles. The number of aryl methyl sites for hydroxylation is 1. The molecule has 0 aromatic carbocycles. The first-order valence-electron chi connectivity index (χ1n) is 9.71. The highest BCUT2D eigenvalue weighted by Gasteiger charge is 2.54. The van der Waals surface area contributed by atoms with Gasteiger partial charge in [-0.25, -0.2) is 23.2 Å². The quantitative estimate of drug-likeness (QED) is 0.225. The summed E-state index contributed by atoms with van der Waals surface area (Å²) in [6, 6.07) is -1.06. The Kier molecular flexibility index (Phi) is 6.85. The Hall–Kier alpha value is -3.02. The van der Waals surface area contributed by atoms with Gasteiger partial charge in [-0.2, -0.15) is 0 Å². The van der Waals surface area contributed by atoms with Crippen LogP contribution in [-0.2, 0) is 29.1 Å². The Morgan fingerprint density at radius 3 is 2.66 bits per heavy atom. The number of hydrogen-bond donors (Lipinski definition) is 3. The highest BCUT2D eigenvalue weighted by Crippen LogP contribution is 2.41. The number of nitrogens with one attached hydrogen (secondary N) is 1.